The van der Waals surface area contributed by atoms with Gasteiger partial charge < -0.3 is 9.84 Å². The fraction of sp³-hybridized carbons (Fsp3) is 0.450. The third-order valence-corrected chi connectivity index (χ3v) is 3.49. The number of halogens is 2. The number of rotatable bonds is 1. The van der Waals surface area contributed by atoms with Gasteiger partial charge in [0.1, 0.15) is 11.5 Å². The monoisotopic (exact) mass is 387 g/mol. The van der Waals surface area contributed by atoms with Crippen LogP contribution in [0.4, 0.5) is 6.18 Å². The number of hydrogen-bond donors (Lipinski definition) is 1. The molecule has 5 heteroatoms. The van der Waals surface area contributed by atoms with Crippen LogP contribution in [0.2, 0.25) is 0 Å². The van der Waals surface area contributed by atoms with Crippen molar-refractivity contribution in [1.29, 1.82) is 0 Å². The third kappa shape index (κ3) is 8.60. The number of phenolic OH excluding ortho intramolecular Hbond substituents is 1. The summed E-state index contributed by atoms with van der Waals surface area (Å²) in [5.74, 6) is 1.20. The first-order chi connectivity index (χ1) is 11.5. The van der Waals surface area contributed by atoms with Crippen molar-refractivity contribution in [2.24, 2.45) is 0 Å². The second kappa shape index (κ2) is 10.7. The Bertz CT molecular complexity index is 545. The molecule has 0 heterocycles. The van der Waals surface area contributed by atoms with Crippen LogP contribution in [0.5, 0.6) is 11.5 Å². The molecule has 0 bridgehead atoms. The number of hydrogen-bond acceptors (Lipinski definition) is 2. The zero-order valence-electron chi connectivity index (χ0n) is 16.2. The molecule has 25 heavy (non-hydrogen) atoms. The van der Waals surface area contributed by atoms with Gasteiger partial charge in [-0.1, -0.05) is 41.5 Å². The molecule has 0 saturated carbocycles. The van der Waals surface area contributed by atoms with Crippen molar-refractivity contribution in [2.45, 2.75) is 52.4 Å². The molecule has 140 valence electrons. The molecule has 0 aliphatic rings. The quantitative estimate of drug-likeness (QED) is 0.464. The number of phenols is 1. The van der Waals surface area contributed by atoms with Gasteiger partial charge in [-0.3, -0.25) is 0 Å². The summed E-state index contributed by atoms with van der Waals surface area (Å²) >= 11 is -2.50. The Kier molecular flexibility index (Phi) is 10.1. The Morgan fingerprint density at radius 3 is 1.48 bits per heavy atom. The van der Waals surface area contributed by atoms with Gasteiger partial charge in [-0.05, 0) is 23.0 Å². The van der Waals surface area contributed by atoms with Crippen LogP contribution in [0.25, 0.3) is 0 Å². The van der Waals surface area contributed by atoms with E-state index in [0.717, 1.165) is 16.9 Å². The fourth-order valence-corrected chi connectivity index (χ4v) is 2.19. The van der Waals surface area contributed by atoms with E-state index in [1.807, 2.05) is 42.5 Å². The van der Waals surface area contributed by atoms with Crippen molar-refractivity contribution in [1.82, 2.24) is 0 Å². The van der Waals surface area contributed by atoms with Crippen LogP contribution in [0.15, 0.2) is 42.5 Å². The average molecular weight is 387 g/mol. The second-order valence-corrected chi connectivity index (χ2v) is 7.83. The van der Waals surface area contributed by atoms with E-state index in [1.54, 1.807) is 7.11 Å². The molecule has 0 spiro atoms. The molecule has 0 amide bonds. The van der Waals surface area contributed by atoms with Crippen LogP contribution in [0.3, 0.4) is 0 Å². The number of methoxy groups -OCH3 is 1. The van der Waals surface area contributed by atoms with Crippen LogP contribution in [0.1, 0.15) is 52.7 Å². The molecular formula is C20H29F2O2Ti-. The maximum Gasteiger partial charge on any atom is -0.172 e. The second-order valence-electron chi connectivity index (χ2n) is 7.60. The molecule has 0 saturated heterocycles. The average Bonchev–Trinajstić information content (AvgIpc) is 3.05. The minimum Gasteiger partial charge on any atom is -0.214 e. The molecule has 1 N–H and O–H groups in total. The Morgan fingerprint density at radius 1 is 0.920 bits per heavy atom. The van der Waals surface area contributed by atoms with Gasteiger partial charge >= 0.3 is 26.4 Å². The zero-order valence-corrected chi connectivity index (χ0v) is 17.7. The summed E-state index contributed by atoms with van der Waals surface area (Å²) in [5, 5.41) is 10.4. The van der Waals surface area contributed by atoms with Gasteiger partial charge in [0.05, 0.1) is 7.11 Å². The van der Waals surface area contributed by atoms with Crippen molar-refractivity contribution in [3.05, 3.63) is 53.6 Å². The Labute approximate surface area is 160 Å². The summed E-state index contributed by atoms with van der Waals surface area (Å²) in [5.41, 5.74) is 1.67. The Hall–Kier alpha value is -1.26. The van der Waals surface area contributed by atoms with Crippen molar-refractivity contribution in [2.75, 3.05) is 7.11 Å². The topological polar surface area (TPSA) is 29.5 Å². The van der Waals surface area contributed by atoms with Gasteiger partial charge in [-0.2, -0.15) is 18.2 Å². The minimum atomic E-state index is -2.50. The third-order valence-electron chi connectivity index (χ3n) is 3.49. The molecule has 0 aromatic heterocycles. The van der Waals surface area contributed by atoms with Gasteiger partial charge in [0.15, 0.2) is 0 Å². The zero-order chi connectivity index (χ0) is 19.7. The Morgan fingerprint density at radius 2 is 1.28 bits per heavy atom. The maximum absolute atomic E-state index is 10.4. The first-order valence-corrected chi connectivity index (χ1v) is 9.22. The van der Waals surface area contributed by atoms with E-state index in [2.05, 4.69) is 41.5 Å². The summed E-state index contributed by atoms with van der Waals surface area (Å²) in [6, 6.07) is 13.8. The van der Waals surface area contributed by atoms with E-state index >= 15 is 0 Å². The van der Waals surface area contributed by atoms with Crippen LogP contribution < -0.4 is 4.74 Å². The van der Waals surface area contributed by atoms with Gasteiger partial charge in [0, 0.05) is 11.1 Å². The van der Waals surface area contributed by atoms with Gasteiger partial charge in [-0.25, -0.2) is 12.1 Å². The van der Waals surface area contributed by atoms with Crippen LogP contribution >= 0.6 is 0 Å². The molecule has 2 aromatic rings. The van der Waals surface area contributed by atoms with Crippen molar-refractivity contribution >= 4 is 0 Å². The van der Waals surface area contributed by atoms with Gasteiger partial charge in [0.25, 0.3) is 0 Å². The molecule has 2 nitrogen and oxygen atoms in total. The summed E-state index contributed by atoms with van der Waals surface area (Å²) in [7, 11) is 1.66. The smallest absolute Gasteiger partial charge is 0.172 e. The first-order valence-electron chi connectivity index (χ1n) is 8.04. The van der Waals surface area contributed by atoms with Gasteiger partial charge in [0.2, 0.25) is 0 Å². The minimum absolute atomic E-state index is 0.0986. The number of benzene rings is 1. The van der Waals surface area contributed by atoms with E-state index in [4.69, 9.17) is 4.74 Å². The normalized spacial score (nSPS) is 10.8. The number of aromatic hydroxyl groups is 1. The van der Waals surface area contributed by atoms with E-state index in [0.29, 0.717) is 5.75 Å². The molecule has 0 aliphatic heterocycles. The fourth-order valence-electron chi connectivity index (χ4n) is 2.19. The molecule has 0 atom stereocenters. The molecular weight excluding hydrogens is 358 g/mol. The van der Waals surface area contributed by atoms with E-state index in [9.17, 15) is 11.3 Å². The van der Waals surface area contributed by atoms with E-state index in [-0.39, 0.29) is 10.8 Å². The number of ether oxygens (including phenoxy) is 1. The molecule has 0 aliphatic carbocycles. The summed E-state index contributed by atoms with van der Waals surface area (Å²) < 4.78 is 24.8. The molecule has 2 aromatic carbocycles. The van der Waals surface area contributed by atoms with Crippen LogP contribution in [0, 0.1) is 0 Å². The maximum atomic E-state index is 10.4. The molecule has 2 rings (SSSR count). The van der Waals surface area contributed by atoms with Crippen molar-refractivity contribution < 1.29 is 36.3 Å². The SMILES string of the molecule is COc1cc(C(C)(C)C)c(O)c(C(C)(C)C)c1.[F][Ti][F].c1cc[cH-]c1. The summed E-state index contributed by atoms with van der Waals surface area (Å²) in [6.45, 7) is 12.5. The summed E-state index contributed by atoms with van der Waals surface area (Å²) in [6.07, 6.45) is 0. The van der Waals surface area contributed by atoms with Crippen LogP contribution in [-0.2, 0) is 31.1 Å². The molecule has 0 unspecified atom stereocenters. The first kappa shape index (κ1) is 23.7. The molecule has 0 fully saturated rings. The van der Waals surface area contributed by atoms with Gasteiger partial charge in [-0.15, -0.1) is 0 Å². The van der Waals surface area contributed by atoms with Crippen molar-refractivity contribution in [3.8, 4) is 11.5 Å². The Balaban J connectivity index is 0.000000592. The molecule has 0 radical (unpaired) electrons. The predicted molar refractivity (Wildman–Crippen MR) is 96.3 cm³/mol. The van der Waals surface area contributed by atoms with E-state index < -0.39 is 20.2 Å². The summed E-state index contributed by atoms with van der Waals surface area (Å²) in [4.78, 5) is 0. The van der Waals surface area contributed by atoms with Crippen LogP contribution in [-0.4, -0.2) is 12.2 Å². The standard InChI is InChI=1S/C15H24O2.C5H5.2FH.Ti/c1-14(2,3)11-8-10(17-7)9-12(13(11)16)15(4,5)6;1-2-4-5-3-1;;;/h8-9,16H,1-7H3;1-5H;2*1H;/q;-1;;;+2/p-2. The van der Waals surface area contributed by atoms with Crippen molar-refractivity contribution in [3.63, 3.8) is 0 Å². The van der Waals surface area contributed by atoms with E-state index in [1.165, 1.54) is 0 Å². The largest absolute Gasteiger partial charge is 0.214 e. The predicted octanol–water partition coefficient (Wildman–Crippen LogP) is 6.24.